The van der Waals surface area contributed by atoms with Crippen molar-refractivity contribution in [2.24, 2.45) is 0 Å². The molecule has 0 heterocycles. The highest BCUT2D eigenvalue weighted by atomic mass is 32.2. The van der Waals surface area contributed by atoms with Crippen LogP contribution in [0.4, 0.5) is 74.6 Å². The average molecular weight is 512 g/mol. The molecule has 21 heteroatoms. The van der Waals surface area contributed by atoms with Gasteiger partial charge in [0.2, 0.25) is 0 Å². The van der Waals surface area contributed by atoms with Crippen molar-refractivity contribution in [1.29, 1.82) is 0 Å². The van der Waals surface area contributed by atoms with Crippen molar-refractivity contribution in [2.45, 2.75) is 52.4 Å². The van der Waals surface area contributed by atoms with Crippen molar-refractivity contribution < 1.29 is 87.6 Å². The first-order valence-electron chi connectivity index (χ1n) is 6.18. The van der Waals surface area contributed by atoms with Gasteiger partial charge in [-0.25, -0.2) is 4.39 Å². The minimum Gasteiger partial charge on any atom is -0.281 e. The number of hydrogen-bond acceptors (Lipinski definition) is 2. The molecule has 1 N–H and O–H groups in total. The van der Waals surface area contributed by atoms with Crippen LogP contribution < -0.4 is 0 Å². The normalized spacial score (nSPS) is 27.5. The molecular formula is C9HF17O3S. The molecule has 0 spiro atoms. The van der Waals surface area contributed by atoms with Crippen LogP contribution in [0.25, 0.3) is 0 Å². The van der Waals surface area contributed by atoms with Gasteiger partial charge in [0, 0.05) is 0 Å². The van der Waals surface area contributed by atoms with Crippen LogP contribution in [0.5, 0.6) is 0 Å². The lowest BCUT2D eigenvalue weighted by molar-refractivity contribution is -0.518. The third kappa shape index (κ3) is 2.25. The second-order valence-electron chi connectivity index (χ2n) is 5.67. The van der Waals surface area contributed by atoms with Gasteiger partial charge < -0.3 is 0 Å². The maximum atomic E-state index is 14.0. The zero-order valence-corrected chi connectivity index (χ0v) is 13.4. The van der Waals surface area contributed by atoms with Crippen LogP contribution in [-0.2, 0) is 10.1 Å². The Balaban J connectivity index is 4.18. The van der Waals surface area contributed by atoms with E-state index in [1.165, 1.54) is 0 Å². The van der Waals surface area contributed by atoms with Gasteiger partial charge in [-0.3, -0.25) is 4.55 Å². The fraction of sp³-hybridized carbons (Fsp3) is 1.00. The van der Waals surface area contributed by atoms with Crippen LogP contribution in [0.1, 0.15) is 0 Å². The van der Waals surface area contributed by atoms with Crippen molar-refractivity contribution in [3.8, 4) is 0 Å². The SMILES string of the molecule is O=S(=O)(O)C(F)(F)C(F)(F)C(F)(F)C1(F)C(F)(F)C(F)(F)C(F)(F)C(F)(F)C1(F)F. The number of hydrogen-bond donors (Lipinski definition) is 1. The Morgan fingerprint density at radius 1 is 0.533 bits per heavy atom. The van der Waals surface area contributed by atoms with E-state index in [1.807, 2.05) is 0 Å². The summed E-state index contributed by atoms with van der Waals surface area (Å²) in [6.07, 6.45) is 0. The van der Waals surface area contributed by atoms with Gasteiger partial charge >= 0.3 is 62.5 Å². The number of alkyl halides is 17. The van der Waals surface area contributed by atoms with E-state index in [2.05, 4.69) is 0 Å². The fourth-order valence-electron chi connectivity index (χ4n) is 2.18. The summed E-state index contributed by atoms with van der Waals surface area (Å²) in [7, 11) is -8.01. The molecule has 180 valence electrons. The van der Waals surface area contributed by atoms with E-state index >= 15 is 0 Å². The molecule has 0 atom stereocenters. The highest BCUT2D eigenvalue weighted by Gasteiger charge is 3.08. The molecule has 3 nitrogen and oxygen atoms in total. The lowest BCUT2D eigenvalue weighted by Gasteiger charge is -2.55. The van der Waals surface area contributed by atoms with Gasteiger partial charge in [-0.2, -0.15) is 78.7 Å². The zero-order chi connectivity index (χ0) is 25.0. The van der Waals surface area contributed by atoms with Crippen LogP contribution in [0, 0.1) is 0 Å². The summed E-state index contributed by atoms with van der Waals surface area (Å²) in [6, 6.07) is 0. The molecule has 0 unspecified atom stereocenters. The van der Waals surface area contributed by atoms with E-state index in [-0.39, 0.29) is 0 Å². The molecule has 0 bridgehead atoms. The Morgan fingerprint density at radius 3 is 1.00 bits per heavy atom. The minimum absolute atomic E-state index is 7.77. The standard InChI is InChI=1S/C9HF17O3S/c10-1(4(15,16)8(23,24)9(25,26)30(27,28)29)2(11,12)5(17,18)7(21,22)6(19,20)3(1,13)14/h(H,27,28,29). The Kier molecular flexibility index (Phi) is 5.12. The van der Waals surface area contributed by atoms with Crippen LogP contribution >= 0.6 is 0 Å². The van der Waals surface area contributed by atoms with Gasteiger partial charge in [-0.1, -0.05) is 0 Å². The van der Waals surface area contributed by atoms with Crippen molar-refractivity contribution >= 4 is 10.1 Å². The first-order chi connectivity index (χ1) is 12.5. The maximum Gasteiger partial charge on any atom is 0.438 e. The molecule has 1 fully saturated rings. The summed E-state index contributed by atoms with van der Waals surface area (Å²) in [5.41, 5.74) is -8.99. The molecule has 0 aromatic heterocycles. The quantitative estimate of drug-likeness (QED) is 0.442. The molecule has 1 rings (SSSR count). The van der Waals surface area contributed by atoms with Gasteiger partial charge in [-0.05, 0) is 0 Å². The second kappa shape index (κ2) is 5.74. The Hall–Kier alpha value is -1.28. The summed E-state index contributed by atoms with van der Waals surface area (Å²) in [5.74, 6) is -59.9. The third-order valence-corrected chi connectivity index (χ3v) is 4.86. The van der Waals surface area contributed by atoms with Crippen LogP contribution in [0.3, 0.4) is 0 Å². The monoisotopic (exact) mass is 512 g/mol. The van der Waals surface area contributed by atoms with E-state index in [4.69, 9.17) is 4.55 Å². The van der Waals surface area contributed by atoms with Crippen molar-refractivity contribution in [2.75, 3.05) is 0 Å². The number of rotatable bonds is 4. The van der Waals surface area contributed by atoms with Gasteiger partial charge in [0.15, 0.2) is 0 Å². The van der Waals surface area contributed by atoms with E-state index in [0.29, 0.717) is 0 Å². The van der Waals surface area contributed by atoms with Crippen molar-refractivity contribution in [1.82, 2.24) is 0 Å². The van der Waals surface area contributed by atoms with Gasteiger partial charge in [-0.15, -0.1) is 0 Å². The van der Waals surface area contributed by atoms with Crippen LogP contribution in [0.2, 0.25) is 0 Å². The molecule has 1 aliphatic rings. The third-order valence-electron chi connectivity index (χ3n) is 3.96. The Labute approximate surface area is 151 Å². The Morgan fingerprint density at radius 2 is 0.767 bits per heavy atom. The molecule has 1 aliphatic carbocycles. The highest BCUT2D eigenvalue weighted by Crippen LogP contribution is 2.74. The molecule has 0 radical (unpaired) electrons. The molecule has 0 saturated heterocycles. The average Bonchev–Trinajstić information content (AvgIpc) is 2.50. The highest BCUT2D eigenvalue weighted by molar-refractivity contribution is 7.87. The molecule has 30 heavy (non-hydrogen) atoms. The summed E-state index contributed by atoms with van der Waals surface area (Å²) in [4.78, 5) is 0. The smallest absolute Gasteiger partial charge is 0.281 e. The topological polar surface area (TPSA) is 54.4 Å². The van der Waals surface area contributed by atoms with Gasteiger partial charge in [0.1, 0.15) is 0 Å². The molecule has 0 amide bonds. The molecular weight excluding hydrogens is 511 g/mol. The lowest BCUT2D eigenvalue weighted by atomic mass is 9.68. The van der Waals surface area contributed by atoms with Crippen molar-refractivity contribution in [3.05, 3.63) is 0 Å². The number of halogens is 17. The van der Waals surface area contributed by atoms with Gasteiger partial charge in [0.25, 0.3) is 0 Å². The Bertz CT molecular complexity index is 797. The molecule has 0 aliphatic heterocycles. The minimum atomic E-state index is -8.99. The largest absolute Gasteiger partial charge is 0.438 e. The maximum absolute atomic E-state index is 14.0. The summed E-state index contributed by atoms with van der Waals surface area (Å²) in [6.45, 7) is 0. The van der Waals surface area contributed by atoms with E-state index < -0.39 is 62.5 Å². The van der Waals surface area contributed by atoms with E-state index in [0.717, 1.165) is 0 Å². The molecule has 0 aromatic carbocycles. The van der Waals surface area contributed by atoms with Crippen molar-refractivity contribution in [3.63, 3.8) is 0 Å². The van der Waals surface area contributed by atoms with E-state index in [9.17, 15) is 83.1 Å². The first-order valence-corrected chi connectivity index (χ1v) is 7.62. The first kappa shape index (κ1) is 26.8. The zero-order valence-electron chi connectivity index (χ0n) is 12.6. The fourth-order valence-corrected chi connectivity index (χ4v) is 2.63. The predicted molar refractivity (Wildman–Crippen MR) is 55.0 cm³/mol. The summed E-state index contributed by atoms with van der Waals surface area (Å²) >= 11 is 0. The predicted octanol–water partition coefficient (Wildman–Crippen LogP) is 4.64. The van der Waals surface area contributed by atoms with E-state index in [1.54, 1.807) is 0 Å². The molecule has 0 aromatic rings. The molecule has 1 saturated carbocycles. The lowest BCUT2D eigenvalue weighted by Crippen LogP contribution is -2.89. The summed E-state index contributed by atoms with van der Waals surface area (Å²) in [5, 5.41) is -7.97. The van der Waals surface area contributed by atoms with Crippen LogP contribution in [0.15, 0.2) is 0 Å². The van der Waals surface area contributed by atoms with Gasteiger partial charge in [0.05, 0.1) is 0 Å². The van der Waals surface area contributed by atoms with Crippen LogP contribution in [-0.4, -0.2) is 65.4 Å². The second-order valence-corrected chi connectivity index (χ2v) is 7.13. The summed E-state index contributed by atoms with van der Waals surface area (Å²) < 4.78 is 253.